The second-order valence-electron chi connectivity index (χ2n) is 6.97. The van der Waals surface area contributed by atoms with E-state index in [9.17, 15) is 9.59 Å². The fraction of sp³-hybridized carbons (Fsp3) is 0.286. The number of nitrogens with one attached hydrogen (secondary N) is 1. The van der Waals surface area contributed by atoms with Crippen LogP contribution in [0.4, 0.5) is 11.4 Å². The monoisotopic (exact) mass is 445 g/mol. The molecule has 0 radical (unpaired) electrons. The molecule has 30 heavy (non-hydrogen) atoms. The Hall–Kier alpha value is -2.84. The summed E-state index contributed by atoms with van der Waals surface area (Å²) in [5, 5.41) is 4.19. The highest BCUT2D eigenvalue weighted by Gasteiger charge is 2.35. The van der Waals surface area contributed by atoms with Crippen LogP contribution >= 0.6 is 22.9 Å². The molecule has 1 atom stereocenters. The fourth-order valence-corrected chi connectivity index (χ4v) is 4.56. The Bertz CT molecular complexity index is 1150. The minimum Gasteiger partial charge on any atom is -0.495 e. The Morgan fingerprint density at radius 3 is 2.73 bits per heavy atom. The number of ether oxygens (including phenoxy) is 2. The maximum Gasteiger partial charge on any atom is 0.229 e. The van der Waals surface area contributed by atoms with E-state index in [-0.39, 0.29) is 18.2 Å². The lowest BCUT2D eigenvalue weighted by molar-refractivity contribution is -0.122. The summed E-state index contributed by atoms with van der Waals surface area (Å²) in [6, 6.07) is 8.93. The molecule has 0 saturated carbocycles. The summed E-state index contributed by atoms with van der Waals surface area (Å²) >= 11 is 7.73. The van der Waals surface area contributed by atoms with E-state index in [0.29, 0.717) is 28.8 Å². The molecule has 1 fully saturated rings. The minimum absolute atomic E-state index is 0.0953. The predicted octanol–water partition coefficient (Wildman–Crippen LogP) is 4.27. The molecule has 1 aromatic heterocycles. The van der Waals surface area contributed by atoms with Crippen molar-refractivity contribution in [2.24, 2.45) is 5.92 Å². The molecular formula is C21H20ClN3O4S. The highest BCUT2D eigenvalue weighted by molar-refractivity contribution is 7.18. The summed E-state index contributed by atoms with van der Waals surface area (Å²) in [6.07, 6.45) is 0.132. The van der Waals surface area contributed by atoms with Crippen LogP contribution in [0.1, 0.15) is 11.4 Å². The first-order chi connectivity index (χ1) is 14.4. The smallest absolute Gasteiger partial charge is 0.229 e. The lowest BCUT2D eigenvalue weighted by atomic mass is 10.1. The van der Waals surface area contributed by atoms with E-state index in [0.717, 1.165) is 20.9 Å². The van der Waals surface area contributed by atoms with E-state index in [1.165, 1.54) is 14.2 Å². The Balaban J connectivity index is 1.53. The average molecular weight is 446 g/mol. The Morgan fingerprint density at radius 2 is 2.00 bits per heavy atom. The normalized spacial score (nSPS) is 16.2. The number of hydrogen-bond acceptors (Lipinski definition) is 6. The summed E-state index contributed by atoms with van der Waals surface area (Å²) in [5.74, 6) is -0.0126. The van der Waals surface area contributed by atoms with E-state index in [4.69, 9.17) is 21.1 Å². The highest BCUT2D eigenvalue weighted by Crippen LogP contribution is 2.37. The number of carbonyl (C=O) groups excluding carboxylic acids is 2. The van der Waals surface area contributed by atoms with E-state index in [2.05, 4.69) is 10.3 Å². The van der Waals surface area contributed by atoms with Gasteiger partial charge < -0.3 is 19.7 Å². The SMILES string of the molecule is COc1cc(NC(=O)C2CC(=O)N(c3ccc4sc(C)nc4c3)C2)c(OC)cc1Cl. The summed E-state index contributed by atoms with van der Waals surface area (Å²) in [4.78, 5) is 31.6. The van der Waals surface area contributed by atoms with Crippen LogP contribution in [0.15, 0.2) is 30.3 Å². The molecule has 156 valence electrons. The predicted molar refractivity (Wildman–Crippen MR) is 118 cm³/mol. The molecule has 4 rings (SSSR count). The number of benzene rings is 2. The van der Waals surface area contributed by atoms with E-state index >= 15 is 0 Å². The minimum atomic E-state index is -0.489. The number of methoxy groups -OCH3 is 2. The van der Waals surface area contributed by atoms with Gasteiger partial charge >= 0.3 is 0 Å². The molecule has 0 spiro atoms. The molecule has 2 aromatic carbocycles. The van der Waals surface area contributed by atoms with Crippen LogP contribution in [0.5, 0.6) is 11.5 Å². The quantitative estimate of drug-likeness (QED) is 0.634. The summed E-state index contributed by atoms with van der Waals surface area (Å²) in [6.45, 7) is 2.25. The van der Waals surface area contributed by atoms with Crippen molar-refractivity contribution in [1.82, 2.24) is 4.98 Å². The van der Waals surface area contributed by atoms with Crippen LogP contribution in [0.3, 0.4) is 0 Å². The van der Waals surface area contributed by atoms with Gasteiger partial charge in [0.2, 0.25) is 11.8 Å². The molecule has 3 aromatic rings. The number of anilines is 2. The zero-order valence-electron chi connectivity index (χ0n) is 16.7. The number of halogens is 1. The first-order valence-corrected chi connectivity index (χ1v) is 10.5. The largest absolute Gasteiger partial charge is 0.495 e. The Morgan fingerprint density at radius 1 is 1.23 bits per heavy atom. The number of thiazole rings is 1. The number of rotatable bonds is 5. The molecule has 1 saturated heterocycles. The molecular weight excluding hydrogens is 426 g/mol. The highest BCUT2D eigenvalue weighted by atomic mass is 35.5. The maximum atomic E-state index is 12.9. The van der Waals surface area contributed by atoms with Crippen molar-refractivity contribution >= 4 is 56.3 Å². The molecule has 0 aliphatic carbocycles. The van der Waals surface area contributed by atoms with Crippen molar-refractivity contribution in [3.8, 4) is 11.5 Å². The molecule has 2 amide bonds. The first-order valence-electron chi connectivity index (χ1n) is 9.29. The van der Waals surface area contributed by atoms with Crippen molar-refractivity contribution in [2.45, 2.75) is 13.3 Å². The number of aromatic nitrogens is 1. The van der Waals surface area contributed by atoms with Crippen LogP contribution in [-0.4, -0.2) is 37.6 Å². The summed E-state index contributed by atoms with van der Waals surface area (Å²) in [5.41, 5.74) is 2.04. The van der Waals surface area contributed by atoms with Crippen LogP contribution in [0.2, 0.25) is 5.02 Å². The van der Waals surface area contributed by atoms with Crippen molar-refractivity contribution in [3.05, 3.63) is 40.4 Å². The third kappa shape index (κ3) is 3.80. The van der Waals surface area contributed by atoms with Gasteiger partial charge in [-0.2, -0.15) is 0 Å². The molecule has 9 heteroatoms. The van der Waals surface area contributed by atoms with Gasteiger partial charge in [0.15, 0.2) is 0 Å². The molecule has 1 aliphatic heterocycles. The Kier molecular flexibility index (Phi) is 5.53. The van der Waals surface area contributed by atoms with Gasteiger partial charge in [0.1, 0.15) is 11.5 Å². The van der Waals surface area contributed by atoms with Crippen LogP contribution < -0.4 is 19.7 Å². The topological polar surface area (TPSA) is 80.8 Å². The molecule has 1 aliphatic rings. The van der Waals surface area contributed by atoms with E-state index in [1.54, 1.807) is 28.4 Å². The average Bonchev–Trinajstić information content (AvgIpc) is 3.29. The zero-order valence-corrected chi connectivity index (χ0v) is 18.3. The van der Waals surface area contributed by atoms with Crippen LogP contribution in [0.25, 0.3) is 10.2 Å². The first kappa shape index (κ1) is 20.4. The standard InChI is InChI=1S/C21H20ClN3O4S/c1-11-23-16-7-13(4-5-19(16)30-11)25-10-12(6-20(25)26)21(27)24-15-9-17(28-2)14(22)8-18(15)29-3/h4-5,7-9,12H,6,10H2,1-3H3,(H,24,27). The molecule has 1 unspecified atom stereocenters. The Labute approximate surface area is 182 Å². The second-order valence-corrected chi connectivity index (χ2v) is 8.61. The van der Waals surface area contributed by atoms with Gasteiger partial charge in [-0.15, -0.1) is 11.3 Å². The van der Waals surface area contributed by atoms with Crippen LogP contribution in [0, 0.1) is 12.8 Å². The van der Waals surface area contributed by atoms with Gasteiger partial charge in [-0.05, 0) is 25.1 Å². The van der Waals surface area contributed by atoms with Gasteiger partial charge in [0.05, 0.1) is 46.1 Å². The lowest BCUT2D eigenvalue weighted by Gasteiger charge is -2.17. The molecule has 1 N–H and O–H groups in total. The number of aryl methyl sites for hydroxylation is 1. The second kappa shape index (κ2) is 8.12. The third-order valence-electron chi connectivity index (χ3n) is 5.02. The fourth-order valence-electron chi connectivity index (χ4n) is 3.52. The van der Waals surface area contributed by atoms with Crippen molar-refractivity contribution in [3.63, 3.8) is 0 Å². The van der Waals surface area contributed by atoms with Crippen molar-refractivity contribution in [2.75, 3.05) is 31.0 Å². The van der Waals surface area contributed by atoms with Gasteiger partial charge in [-0.25, -0.2) is 4.98 Å². The number of hydrogen-bond donors (Lipinski definition) is 1. The molecule has 7 nitrogen and oxygen atoms in total. The molecule has 2 heterocycles. The van der Waals surface area contributed by atoms with Crippen LogP contribution in [-0.2, 0) is 9.59 Å². The van der Waals surface area contributed by atoms with Gasteiger partial charge in [0, 0.05) is 30.8 Å². The molecule has 0 bridgehead atoms. The number of nitrogens with zero attached hydrogens (tertiary/aromatic N) is 2. The lowest BCUT2D eigenvalue weighted by Crippen LogP contribution is -2.28. The van der Waals surface area contributed by atoms with Gasteiger partial charge in [-0.1, -0.05) is 11.6 Å². The van der Waals surface area contributed by atoms with E-state index < -0.39 is 5.92 Å². The zero-order chi connectivity index (χ0) is 21.4. The number of carbonyl (C=O) groups is 2. The number of amides is 2. The number of fused-ring (bicyclic) bond motifs is 1. The van der Waals surface area contributed by atoms with Crippen molar-refractivity contribution in [1.29, 1.82) is 0 Å². The third-order valence-corrected chi connectivity index (χ3v) is 6.26. The van der Waals surface area contributed by atoms with Gasteiger partial charge in [-0.3, -0.25) is 9.59 Å². The van der Waals surface area contributed by atoms with Gasteiger partial charge in [0.25, 0.3) is 0 Å². The summed E-state index contributed by atoms with van der Waals surface area (Å²) in [7, 11) is 2.98. The maximum absolute atomic E-state index is 12.9. The van der Waals surface area contributed by atoms with Crippen molar-refractivity contribution < 1.29 is 19.1 Å². The summed E-state index contributed by atoms with van der Waals surface area (Å²) < 4.78 is 11.6. The van der Waals surface area contributed by atoms with E-state index in [1.807, 2.05) is 25.1 Å².